The van der Waals surface area contributed by atoms with E-state index in [1.54, 1.807) is 25.1 Å². The maximum atomic E-state index is 13.9. The molecule has 1 N–H and O–H groups in total. The van der Waals surface area contributed by atoms with Gasteiger partial charge in [0.05, 0.1) is 29.6 Å². The van der Waals surface area contributed by atoms with E-state index in [-0.39, 0.29) is 10.6 Å². The number of carbonyl (C=O) groups is 1. The van der Waals surface area contributed by atoms with Crippen molar-refractivity contribution in [2.75, 3.05) is 12.4 Å². The van der Waals surface area contributed by atoms with Crippen LogP contribution in [0.1, 0.15) is 15.9 Å². The van der Waals surface area contributed by atoms with Crippen molar-refractivity contribution in [2.24, 2.45) is 0 Å². The quantitative estimate of drug-likeness (QED) is 0.943. The molecular weight excluding hydrogens is 283 g/mol. The Balaban J connectivity index is 2.21. The average molecular weight is 295 g/mol. The number of aryl methyl sites for hydroxylation is 1. The van der Waals surface area contributed by atoms with Crippen molar-refractivity contribution in [1.29, 1.82) is 0 Å². The third-order valence-electron chi connectivity index (χ3n) is 2.72. The Labute approximate surface area is 120 Å². The summed E-state index contributed by atoms with van der Waals surface area (Å²) < 4.78 is 18.8. The fourth-order valence-corrected chi connectivity index (χ4v) is 1.76. The summed E-state index contributed by atoms with van der Waals surface area (Å²) in [5, 5.41) is 2.49. The monoisotopic (exact) mass is 294 g/mol. The summed E-state index contributed by atoms with van der Waals surface area (Å²) in [7, 11) is 1.49. The number of amides is 1. The first kappa shape index (κ1) is 14.3. The van der Waals surface area contributed by atoms with E-state index in [0.717, 1.165) is 0 Å². The number of carbonyl (C=O) groups excluding carboxylic acids is 1. The highest BCUT2D eigenvalue weighted by Gasteiger charge is 2.16. The zero-order valence-corrected chi connectivity index (χ0v) is 11.7. The van der Waals surface area contributed by atoms with Crippen LogP contribution in [0.15, 0.2) is 30.5 Å². The molecule has 0 aliphatic carbocycles. The van der Waals surface area contributed by atoms with Gasteiger partial charge in [-0.25, -0.2) is 9.37 Å². The summed E-state index contributed by atoms with van der Waals surface area (Å²) in [6, 6.07) is 6.18. The molecule has 0 fully saturated rings. The molecule has 0 aliphatic rings. The topological polar surface area (TPSA) is 51.2 Å². The van der Waals surface area contributed by atoms with Crippen molar-refractivity contribution in [1.82, 2.24) is 4.98 Å². The second kappa shape index (κ2) is 5.88. The van der Waals surface area contributed by atoms with Crippen molar-refractivity contribution in [3.63, 3.8) is 0 Å². The molecule has 6 heteroatoms. The van der Waals surface area contributed by atoms with Crippen LogP contribution >= 0.6 is 11.6 Å². The Morgan fingerprint density at radius 1 is 1.35 bits per heavy atom. The van der Waals surface area contributed by atoms with E-state index in [1.165, 1.54) is 19.4 Å². The van der Waals surface area contributed by atoms with Crippen LogP contribution in [0.25, 0.3) is 0 Å². The molecule has 4 nitrogen and oxygen atoms in total. The Morgan fingerprint density at radius 2 is 2.10 bits per heavy atom. The summed E-state index contributed by atoms with van der Waals surface area (Å²) in [5.74, 6) is -0.894. The molecule has 2 rings (SSSR count). The number of aromatic nitrogens is 1. The summed E-state index contributed by atoms with van der Waals surface area (Å²) >= 11 is 5.79. The summed E-state index contributed by atoms with van der Waals surface area (Å²) in [6.45, 7) is 1.67. The fourth-order valence-electron chi connectivity index (χ4n) is 1.59. The number of nitrogens with zero attached hydrogens (tertiary/aromatic N) is 1. The van der Waals surface area contributed by atoms with E-state index >= 15 is 0 Å². The molecule has 1 aromatic carbocycles. The number of ether oxygens (including phenoxy) is 1. The normalized spacial score (nSPS) is 10.2. The highest BCUT2D eigenvalue weighted by atomic mass is 35.5. The number of hydrogen-bond acceptors (Lipinski definition) is 3. The molecule has 0 saturated heterocycles. The number of anilines is 1. The van der Waals surface area contributed by atoms with Crippen LogP contribution in [0.5, 0.6) is 5.88 Å². The van der Waals surface area contributed by atoms with Crippen molar-refractivity contribution in [3.05, 3.63) is 52.4 Å². The first-order valence-electron chi connectivity index (χ1n) is 5.79. The van der Waals surface area contributed by atoms with Crippen molar-refractivity contribution in [3.8, 4) is 5.88 Å². The number of benzene rings is 1. The van der Waals surface area contributed by atoms with Gasteiger partial charge in [-0.15, -0.1) is 0 Å². The minimum Gasteiger partial charge on any atom is -0.481 e. The molecule has 1 aromatic heterocycles. The standard InChI is InChI=1S/C14H12ClFN2O2/c1-8-3-5-10(13(16)12(8)15)14(19)18-9-4-6-11(20-2)17-7-9/h3-7H,1-2H3,(H,18,19). The smallest absolute Gasteiger partial charge is 0.258 e. The van der Waals surface area contributed by atoms with Crippen molar-refractivity contribution in [2.45, 2.75) is 6.92 Å². The molecule has 0 atom stereocenters. The van der Waals surface area contributed by atoms with Crippen LogP contribution in [-0.2, 0) is 0 Å². The molecule has 0 radical (unpaired) electrons. The van der Waals surface area contributed by atoms with Gasteiger partial charge in [0, 0.05) is 6.07 Å². The summed E-state index contributed by atoms with van der Waals surface area (Å²) in [4.78, 5) is 15.9. The number of nitrogens with one attached hydrogen (secondary N) is 1. The van der Waals surface area contributed by atoms with Gasteiger partial charge in [-0.3, -0.25) is 4.79 Å². The fraction of sp³-hybridized carbons (Fsp3) is 0.143. The number of halogens is 2. The van der Waals surface area contributed by atoms with Gasteiger partial charge in [0.25, 0.3) is 5.91 Å². The summed E-state index contributed by atoms with van der Waals surface area (Å²) in [5.41, 5.74) is 0.898. The minimum absolute atomic E-state index is 0.0505. The van der Waals surface area contributed by atoms with Crippen LogP contribution in [-0.4, -0.2) is 18.0 Å². The first-order chi connectivity index (χ1) is 9.52. The number of rotatable bonds is 3. The zero-order chi connectivity index (χ0) is 14.7. The van der Waals surface area contributed by atoms with Crippen LogP contribution < -0.4 is 10.1 Å². The molecule has 0 bridgehead atoms. The van der Waals surface area contributed by atoms with Gasteiger partial charge in [0.1, 0.15) is 0 Å². The van der Waals surface area contributed by atoms with Crippen molar-refractivity contribution < 1.29 is 13.9 Å². The lowest BCUT2D eigenvalue weighted by Crippen LogP contribution is -2.14. The second-order valence-corrected chi connectivity index (χ2v) is 4.48. The predicted molar refractivity (Wildman–Crippen MR) is 74.9 cm³/mol. The van der Waals surface area contributed by atoms with Gasteiger partial charge in [0.2, 0.25) is 5.88 Å². The Bertz CT molecular complexity index is 644. The molecule has 0 saturated carbocycles. The van der Waals surface area contributed by atoms with Crippen LogP contribution in [0.3, 0.4) is 0 Å². The molecule has 0 aliphatic heterocycles. The second-order valence-electron chi connectivity index (χ2n) is 4.10. The molecule has 1 heterocycles. The maximum absolute atomic E-state index is 13.9. The highest BCUT2D eigenvalue weighted by Crippen LogP contribution is 2.23. The molecule has 1 amide bonds. The van der Waals surface area contributed by atoms with Gasteiger partial charge in [-0.2, -0.15) is 0 Å². The van der Waals surface area contributed by atoms with E-state index in [4.69, 9.17) is 16.3 Å². The van der Waals surface area contributed by atoms with E-state index in [2.05, 4.69) is 10.3 Å². The lowest BCUT2D eigenvalue weighted by Gasteiger charge is -2.08. The number of hydrogen-bond donors (Lipinski definition) is 1. The third-order valence-corrected chi connectivity index (χ3v) is 3.19. The molecule has 20 heavy (non-hydrogen) atoms. The average Bonchev–Trinajstić information content (AvgIpc) is 2.45. The third kappa shape index (κ3) is 2.88. The van der Waals surface area contributed by atoms with E-state index in [0.29, 0.717) is 17.1 Å². The lowest BCUT2D eigenvalue weighted by molar-refractivity contribution is 0.102. The first-order valence-corrected chi connectivity index (χ1v) is 6.16. The predicted octanol–water partition coefficient (Wildman–Crippen LogP) is 3.44. The minimum atomic E-state index is -0.731. The van der Waals surface area contributed by atoms with Gasteiger partial charge in [-0.1, -0.05) is 17.7 Å². The molecular formula is C14H12ClFN2O2. The van der Waals surface area contributed by atoms with Gasteiger partial charge >= 0.3 is 0 Å². The van der Waals surface area contributed by atoms with Gasteiger partial charge in [-0.05, 0) is 24.6 Å². The zero-order valence-electron chi connectivity index (χ0n) is 10.9. The molecule has 0 spiro atoms. The van der Waals surface area contributed by atoms with Crippen LogP contribution in [0, 0.1) is 12.7 Å². The number of pyridine rings is 1. The Kier molecular flexibility index (Phi) is 4.20. The molecule has 0 unspecified atom stereocenters. The largest absolute Gasteiger partial charge is 0.481 e. The van der Waals surface area contributed by atoms with Gasteiger partial charge < -0.3 is 10.1 Å². The molecule has 2 aromatic rings. The highest BCUT2D eigenvalue weighted by molar-refractivity contribution is 6.32. The maximum Gasteiger partial charge on any atom is 0.258 e. The SMILES string of the molecule is COc1ccc(NC(=O)c2ccc(C)c(Cl)c2F)cn1. The lowest BCUT2D eigenvalue weighted by atomic mass is 10.1. The van der Waals surface area contributed by atoms with Crippen LogP contribution in [0.2, 0.25) is 5.02 Å². The van der Waals surface area contributed by atoms with Gasteiger partial charge in [0.15, 0.2) is 5.82 Å². The van der Waals surface area contributed by atoms with Crippen molar-refractivity contribution >= 4 is 23.2 Å². The van der Waals surface area contributed by atoms with E-state index in [9.17, 15) is 9.18 Å². The Morgan fingerprint density at radius 3 is 2.70 bits per heavy atom. The van der Waals surface area contributed by atoms with Crippen LogP contribution in [0.4, 0.5) is 10.1 Å². The number of methoxy groups -OCH3 is 1. The van der Waals surface area contributed by atoms with E-state index in [1.807, 2.05) is 0 Å². The molecule has 104 valence electrons. The Hall–Kier alpha value is -2.14. The summed E-state index contributed by atoms with van der Waals surface area (Å²) in [6.07, 6.45) is 1.42. The van der Waals surface area contributed by atoms with E-state index < -0.39 is 11.7 Å².